The van der Waals surface area contributed by atoms with Gasteiger partial charge < -0.3 is 9.73 Å². The Labute approximate surface area is 187 Å². The third-order valence-corrected chi connectivity index (χ3v) is 6.04. The summed E-state index contributed by atoms with van der Waals surface area (Å²) in [4.78, 5) is 12.5. The molecule has 1 heterocycles. The summed E-state index contributed by atoms with van der Waals surface area (Å²) in [5.41, 5.74) is 4.82. The maximum absolute atomic E-state index is 12.5. The van der Waals surface area contributed by atoms with Crippen molar-refractivity contribution in [3.05, 3.63) is 73.5 Å². The van der Waals surface area contributed by atoms with Crippen molar-refractivity contribution >= 4 is 63.1 Å². The Balaban J connectivity index is 1.70. The highest BCUT2D eigenvalue weighted by molar-refractivity contribution is 14.1. The van der Waals surface area contributed by atoms with E-state index in [2.05, 4.69) is 39.3 Å². The minimum Gasteiger partial charge on any atom is -0.451 e. The largest absolute Gasteiger partial charge is 0.451 e. The molecule has 7 heteroatoms. The number of rotatable bonds is 3. The Morgan fingerprint density at radius 1 is 1.04 bits per heavy atom. The predicted molar refractivity (Wildman–Crippen MR) is 126 cm³/mol. The standard InChI is InChI=1S/C21H18ClIN2O2S/c1-11-4-5-14(10-15(11)22)18-6-7-19(27-18)20(26)25-21(28)24-17-9-12(2)16(23)8-13(17)3/h4-10H,1-3H3,(H2,24,25,26,28). The van der Waals surface area contributed by atoms with Gasteiger partial charge in [-0.15, -0.1) is 0 Å². The minimum absolute atomic E-state index is 0.173. The maximum Gasteiger partial charge on any atom is 0.293 e. The molecule has 28 heavy (non-hydrogen) atoms. The van der Waals surface area contributed by atoms with Crippen molar-refractivity contribution < 1.29 is 9.21 Å². The van der Waals surface area contributed by atoms with Gasteiger partial charge >= 0.3 is 0 Å². The monoisotopic (exact) mass is 524 g/mol. The first-order valence-corrected chi connectivity index (χ1v) is 10.4. The van der Waals surface area contributed by atoms with Gasteiger partial charge in [0.05, 0.1) is 0 Å². The second kappa shape index (κ2) is 8.63. The molecule has 1 aromatic heterocycles. The fourth-order valence-electron chi connectivity index (χ4n) is 2.60. The quantitative estimate of drug-likeness (QED) is 0.314. The molecule has 0 aliphatic rings. The van der Waals surface area contributed by atoms with Gasteiger partial charge in [-0.3, -0.25) is 10.1 Å². The van der Waals surface area contributed by atoms with Crippen molar-refractivity contribution in [3.63, 3.8) is 0 Å². The topological polar surface area (TPSA) is 54.3 Å². The van der Waals surface area contributed by atoms with Crippen LogP contribution < -0.4 is 10.6 Å². The Bertz CT molecular complexity index is 1080. The Morgan fingerprint density at radius 3 is 2.50 bits per heavy atom. The van der Waals surface area contributed by atoms with E-state index < -0.39 is 5.91 Å². The van der Waals surface area contributed by atoms with Crippen molar-refractivity contribution in [2.75, 3.05) is 5.32 Å². The van der Waals surface area contributed by atoms with Gasteiger partial charge in [-0.2, -0.15) is 0 Å². The molecule has 144 valence electrons. The van der Waals surface area contributed by atoms with Gasteiger partial charge in [0, 0.05) is 19.8 Å². The fraction of sp³-hybridized carbons (Fsp3) is 0.143. The molecule has 3 rings (SSSR count). The molecule has 0 spiro atoms. The number of nitrogens with one attached hydrogen (secondary N) is 2. The highest BCUT2D eigenvalue weighted by atomic mass is 127. The number of hydrogen-bond donors (Lipinski definition) is 2. The number of hydrogen-bond acceptors (Lipinski definition) is 3. The minimum atomic E-state index is -0.415. The molecule has 0 unspecified atom stereocenters. The molecule has 1 amide bonds. The average Bonchev–Trinajstić information content (AvgIpc) is 3.12. The first-order chi connectivity index (χ1) is 13.2. The molecule has 2 aromatic carbocycles. The molecule has 3 aromatic rings. The molecule has 4 nitrogen and oxygen atoms in total. The van der Waals surface area contributed by atoms with Crippen molar-refractivity contribution in [2.45, 2.75) is 20.8 Å². The Hall–Kier alpha value is -1.90. The second-order valence-electron chi connectivity index (χ2n) is 6.45. The summed E-state index contributed by atoms with van der Waals surface area (Å²) in [6, 6.07) is 13.0. The number of benzene rings is 2. The summed E-state index contributed by atoms with van der Waals surface area (Å²) in [6.07, 6.45) is 0. The van der Waals surface area contributed by atoms with Crippen LogP contribution in [0.5, 0.6) is 0 Å². The summed E-state index contributed by atoms with van der Waals surface area (Å²) in [7, 11) is 0. The van der Waals surface area contributed by atoms with Gasteiger partial charge in [0.15, 0.2) is 10.9 Å². The summed E-state index contributed by atoms with van der Waals surface area (Å²) in [6.45, 7) is 5.94. The number of aryl methyl sites for hydroxylation is 3. The van der Waals surface area contributed by atoms with Crippen LogP contribution in [0, 0.1) is 24.3 Å². The third-order valence-electron chi connectivity index (χ3n) is 4.27. The van der Waals surface area contributed by atoms with Crippen LogP contribution in [0.3, 0.4) is 0 Å². The van der Waals surface area contributed by atoms with Gasteiger partial charge in [0.25, 0.3) is 5.91 Å². The number of carbonyl (C=O) groups excluding carboxylic acids is 1. The second-order valence-corrected chi connectivity index (χ2v) is 8.43. The Morgan fingerprint density at radius 2 is 1.79 bits per heavy atom. The van der Waals surface area contributed by atoms with Gasteiger partial charge in [-0.05, 0) is 103 Å². The highest BCUT2D eigenvalue weighted by Crippen LogP contribution is 2.27. The zero-order valence-electron chi connectivity index (χ0n) is 15.5. The molecule has 0 aliphatic carbocycles. The SMILES string of the molecule is Cc1ccc(-c2ccc(C(=O)NC(=S)Nc3cc(C)c(I)cc3C)o2)cc1Cl. The van der Waals surface area contributed by atoms with Gasteiger partial charge in [-0.1, -0.05) is 23.7 Å². The molecule has 0 aliphatic heterocycles. The zero-order valence-corrected chi connectivity index (χ0v) is 19.3. The van der Waals surface area contributed by atoms with Crippen molar-refractivity contribution in [3.8, 4) is 11.3 Å². The van der Waals surface area contributed by atoms with Crippen molar-refractivity contribution in [2.24, 2.45) is 0 Å². The number of anilines is 1. The molecule has 0 atom stereocenters. The lowest BCUT2D eigenvalue weighted by atomic mass is 10.1. The Kier molecular flexibility index (Phi) is 6.42. The first-order valence-electron chi connectivity index (χ1n) is 8.50. The van der Waals surface area contributed by atoms with E-state index in [1.807, 2.05) is 45.0 Å². The smallest absolute Gasteiger partial charge is 0.293 e. The van der Waals surface area contributed by atoms with Crippen LogP contribution in [0.25, 0.3) is 11.3 Å². The van der Waals surface area contributed by atoms with Crippen LogP contribution in [0.4, 0.5) is 5.69 Å². The number of amides is 1. The first kappa shape index (κ1) is 20.8. The van der Waals surface area contributed by atoms with Crippen LogP contribution >= 0.6 is 46.4 Å². The molecule has 0 fully saturated rings. The number of furan rings is 1. The molecule has 0 bridgehead atoms. The van der Waals surface area contributed by atoms with E-state index in [4.69, 9.17) is 28.2 Å². The summed E-state index contributed by atoms with van der Waals surface area (Å²) >= 11 is 13.7. The van der Waals surface area contributed by atoms with Gasteiger partial charge in [0.1, 0.15) is 5.76 Å². The molecular weight excluding hydrogens is 507 g/mol. The van der Waals surface area contributed by atoms with Crippen LogP contribution in [-0.4, -0.2) is 11.0 Å². The molecule has 0 radical (unpaired) electrons. The van der Waals surface area contributed by atoms with E-state index in [9.17, 15) is 4.79 Å². The van der Waals surface area contributed by atoms with Crippen molar-refractivity contribution in [1.82, 2.24) is 5.32 Å². The van der Waals surface area contributed by atoms with Crippen LogP contribution in [-0.2, 0) is 0 Å². The van der Waals surface area contributed by atoms with Crippen LogP contribution in [0.15, 0.2) is 46.9 Å². The molecule has 0 saturated carbocycles. The van der Waals surface area contributed by atoms with Crippen molar-refractivity contribution in [1.29, 1.82) is 0 Å². The summed E-state index contributed by atoms with van der Waals surface area (Å²) < 4.78 is 6.85. The number of halogens is 2. The van der Waals surface area contributed by atoms with E-state index in [0.29, 0.717) is 10.8 Å². The zero-order chi connectivity index (χ0) is 20.4. The van der Waals surface area contributed by atoms with Crippen LogP contribution in [0.2, 0.25) is 5.02 Å². The summed E-state index contributed by atoms with van der Waals surface area (Å²) in [5, 5.41) is 6.58. The lowest BCUT2D eigenvalue weighted by molar-refractivity contribution is 0.0951. The van der Waals surface area contributed by atoms with E-state index in [-0.39, 0.29) is 10.9 Å². The predicted octanol–water partition coefficient (Wildman–Crippen LogP) is 6.26. The average molecular weight is 525 g/mol. The third kappa shape index (κ3) is 4.74. The number of carbonyl (C=O) groups is 1. The van der Waals surface area contributed by atoms with Gasteiger partial charge in [0.2, 0.25) is 0 Å². The maximum atomic E-state index is 12.5. The van der Waals surface area contributed by atoms with Gasteiger partial charge in [-0.25, -0.2) is 0 Å². The van der Waals surface area contributed by atoms with E-state index in [1.54, 1.807) is 12.1 Å². The highest BCUT2D eigenvalue weighted by Gasteiger charge is 2.15. The van der Waals surface area contributed by atoms with E-state index in [1.165, 1.54) is 3.57 Å². The normalized spacial score (nSPS) is 10.6. The lowest BCUT2D eigenvalue weighted by Gasteiger charge is -2.13. The molecule has 0 saturated heterocycles. The fourth-order valence-corrected chi connectivity index (χ4v) is 3.60. The lowest BCUT2D eigenvalue weighted by Crippen LogP contribution is -2.34. The summed E-state index contributed by atoms with van der Waals surface area (Å²) in [5.74, 6) is 0.322. The molecular formula is C21H18ClIN2O2S. The number of thiocarbonyl (C=S) groups is 1. The van der Waals surface area contributed by atoms with E-state index in [0.717, 1.165) is 27.9 Å². The van der Waals surface area contributed by atoms with Crippen LogP contribution in [0.1, 0.15) is 27.2 Å². The van der Waals surface area contributed by atoms with E-state index >= 15 is 0 Å². The molecule has 2 N–H and O–H groups in total.